The van der Waals surface area contributed by atoms with Gasteiger partial charge in [-0.3, -0.25) is 47.9 Å². The van der Waals surface area contributed by atoms with Gasteiger partial charge in [0.05, 0.1) is 13.0 Å². The number of aliphatic carboxylic acids is 1. The van der Waals surface area contributed by atoms with Crippen LogP contribution in [0.4, 0.5) is 0 Å². The third kappa shape index (κ3) is 49.0. The number of hydrogen-bond donors (Lipinski definition) is 2. The zero-order valence-electron chi connectivity index (χ0n) is 54.9. The lowest BCUT2D eigenvalue weighted by atomic mass is 10.1. The summed E-state index contributed by atoms with van der Waals surface area (Å²) < 4.78 is 0. The van der Waals surface area contributed by atoms with E-state index < -0.39 is 5.97 Å². The lowest BCUT2D eigenvalue weighted by Gasteiger charge is -2.24. The molecule has 2 N–H and O–H groups in total. The number of aliphatic hydroxyl groups excluding tert-OH is 1. The topological polar surface area (TPSA) is 240 Å². The molecule has 8 amide bonds. The van der Waals surface area contributed by atoms with Crippen molar-refractivity contribution in [2.45, 2.75) is 160 Å². The average Bonchev–Trinajstić information content (AvgIpc) is 4.14. The Balaban J connectivity index is -0.000000276. The third-order valence-corrected chi connectivity index (χ3v) is 13.2. The maximum absolute atomic E-state index is 11.5. The molecular weight excluding hydrogens is 1060 g/mol. The van der Waals surface area contributed by atoms with Crippen molar-refractivity contribution in [3.63, 3.8) is 0 Å². The Morgan fingerprint density at radius 2 is 0.964 bits per heavy atom. The van der Waals surface area contributed by atoms with Gasteiger partial charge in [-0.15, -0.1) is 0 Å². The van der Waals surface area contributed by atoms with Crippen molar-refractivity contribution < 1.29 is 58.2 Å². The molecule has 0 atom stereocenters. The summed E-state index contributed by atoms with van der Waals surface area (Å²) in [4.78, 5) is 123. The first-order valence-electron chi connectivity index (χ1n) is 29.9. The second kappa shape index (κ2) is 56.3. The summed E-state index contributed by atoms with van der Waals surface area (Å²) >= 11 is 0. The van der Waals surface area contributed by atoms with Crippen molar-refractivity contribution in [1.29, 1.82) is 0 Å². The molecule has 21 heteroatoms. The smallest absolute Gasteiger partial charge is 0.303 e. The second-order valence-electron chi connectivity index (χ2n) is 19.5. The number of hydrogen-bond acceptors (Lipinski definition) is 12. The van der Waals surface area contributed by atoms with E-state index in [1.807, 2.05) is 116 Å². The van der Waals surface area contributed by atoms with E-state index in [4.69, 9.17) is 10.2 Å². The number of carbonyl (C=O) groups is 10. The van der Waals surface area contributed by atoms with Crippen LogP contribution in [0.1, 0.15) is 170 Å². The van der Waals surface area contributed by atoms with Gasteiger partial charge < -0.3 is 54.3 Å². The maximum Gasteiger partial charge on any atom is 0.303 e. The minimum Gasteiger partial charge on any atom is -0.481 e. The van der Waals surface area contributed by atoms with E-state index in [2.05, 4.69) is 18.7 Å². The standard InChI is InChI=1S/C10H13NO.C8H17NO.C7H13NO3.C7H13NO.C7H15NO.C6H13NO2.C6H11NO.C6H9NO.C5H11NO/c1-3-11(2)10(12)9-7-5-4-6-8-9;1-4-6-7-8(10)9(3)5-2;1-3-8(2)6(9)4-5-7(10)11;1-2-8-6-4-3-5-7(8)9;1-4-8(3)6-5-7(2)9;1-3-7(2)6(9)4-5-8;2*1-2-7-5-3-4-6(7)8;1-4-6(3)5(2)7/h4-8H,3H2,1-2H3;4-7H2,1-3H3;3-5H2,1-2H3,(H,10,11);2-6H2,1H3;4-6H2,1-3H3;8H,3-5H2,1-2H3;2-5H2,1H3;3-4H,2,5H2,1H3;4H2,1-3H3. The fraction of sp³-hybridized carbons (Fsp3) is 0.710. The Kier molecular flexibility index (Phi) is 58.0. The van der Waals surface area contributed by atoms with Gasteiger partial charge in [-0.1, -0.05) is 44.5 Å². The van der Waals surface area contributed by atoms with Gasteiger partial charge in [-0.2, -0.15) is 0 Å². The number of benzene rings is 1. The van der Waals surface area contributed by atoms with Crippen molar-refractivity contribution in [2.24, 2.45) is 0 Å². The number of carboxylic acid groups (broad SMARTS) is 1. The number of ketones is 1. The first kappa shape index (κ1) is 85.6. The lowest BCUT2D eigenvalue weighted by molar-refractivity contribution is -0.140. The predicted molar refractivity (Wildman–Crippen MR) is 334 cm³/mol. The molecule has 21 nitrogen and oxygen atoms in total. The van der Waals surface area contributed by atoms with Crippen LogP contribution in [-0.4, -0.2) is 247 Å². The van der Waals surface area contributed by atoms with Gasteiger partial charge in [-0.05, 0) is 114 Å². The lowest BCUT2D eigenvalue weighted by Crippen LogP contribution is -2.34. The highest BCUT2D eigenvalue weighted by atomic mass is 16.4. The molecule has 2 fully saturated rings. The largest absolute Gasteiger partial charge is 0.481 e. The number of likely N-dealkylation sites (N-methyl/N-ethyl adjacent to an activating group) is 1. The fourth-order valence-electron chi connectivity index (χ4n) is 6.41. The molecule has 0 aromatic heterocycles. The number of aliphatic hydroxyl groups is 1. The normalized spacial score (nSPS) is 12.5. The minimum absolute atomic E-state index is 0.000000000000000444. The van der Waals surface area contributed by atoms with Gasteiger partial charge in [0.15, 0.2) is 0 Å². The van der Waals surface area contributed by atoms with Gasteiger partial charge in [0, 0.05) is 171 Å². The zero-order chi connectivity index (χ0) is 64.9. The van der Waals surface area contributed by atoms with E-state index in [1.54, 1.807) is 72.6 Å². The molecule has 4 rings (SSSR count). The molecule has 0 radical (unpaired) electrons. The third-order valence-electron chi connectivity index (χ3n) is 13.2. The molecule has 83 heavy (non-hydrogen) atoms. The number of unbranched alkanes of at least 4 members (excludes halogenated alkanes) is 1. The molecule has 480 valence electrons. The summed E-state index contributed by atoms with van der Waals surface area (Å²) in [6.07, 6.45) is 12.2. The van der Waals surface area contributed by atoms with Crippen LogP contribution in [-0.2, 0) is 43.2 Å². The van der Waals surface area contributed by atoms with E-state index in [-0.39, 0.29) is 67.1 Å². The van der Waals surface area contributed by atoms with E-state index in [9.17, 15) is 47.9 Å². The Bertz CT molecular complexity index is 1950. The first-order chi connectivity index (χ1) is 39.1. The molecule has 0 aliphatic carbocycles. The Morgan fingerprint density at radius 3 is 1.27 bits per heavy atom. The number of piperidine rings is 1. The number of nitrogens with zero attached hydrogens (tertiary/aromatic N) is 9. The maximum atomic E-state index is 11.5. The van der Waals surface area contributed by atoms with Crippen molar-refractivity contribution in [1.82, 2.24) is 44.1 Å². The summed E-state index contributed by atoms with van der Waals surface area (Å²) in [5, 5.41) is 16.6. The monoisotopic (exact) mass is 1180 g/mol. The second-order valence-corrected chi connectivity index (χ2v) is 19.5. The predicted octanol–water partition coefficient (Wildman–Crippen LogP) is 7.06. The van der Waals surface area contributed by atoms with Gasteiger partial charge in [0.25, 0.3) is 5.91 Å². The van der Waals surface area contributed by atoms with Crippen molar-refractivity contribution in [3.8, 4) is 0 Å². The number of rotatable bonds is 21. The number of carboxylic acids is 1. The fourth-order valence-corrected chi connectivity index (χ4v) is 6.41. The summed E-state index contributed by atoms with van der Waals surface area (Å²) in [5.74, 6) is 0.516. The van der Waals surface area contributed by atoms with Gasteiger partial charge in [0.1, 0.15) is 5.78 Å². The summed E-state index contributed by atoms with van der Waals surface area (Å²) in [6.45, 7) is 34.0. The van der Waals surface area contributed by atoms with Crippen LogP contribution in [0.2, 0.25) is 0 Å². The van der Waals surface area contributed by atoms with Gasteiger partial charge >= 0.3 is 5.97 Å². The van der Waals surface area contributed by atoms with Crippen LogP contribution < -0.4 is 0 Å². The van der Waals surface area contributed by atoms with E-state index in [0.29, 0.717) is 37.7 Å². The molecule has 0 bridgehead atoms. The molecule has 0 saturated carbocycles. The Morgan fingerprint density at radius 1 is 0.518 bits per heavy atom. The van der Waals surface area contributed by atoms with Gasteiger partial charge in [-0.25, -0.2) is 0 Å². The number of likely N-dealkylation sites (tertiary alicyclic amines) is 2. The molecule has 3 aliphatic heterocycles. The molecular formula is C62H115N9O12. The van der Waals surface area contributed by atoms with Crippen LogP contribution in [0.15, 0.2) is 42.5 Å². The SMILES string of the molecule is CCCCC(=O)N(C)CC.CCN(C)C(=O)CCC(=O)O.CCN(C)C(=O)CCO.CCN(C)C(=O)c1ccccc1.CCN(C)C(C)=O.CCN(C)CCC(C)=O.CCN1CC=CC1=O.CCN1CCCC1=O.CCN1CCCCC1=O. The van der Waals surface area contributed by atoms with E-state index >= 15 is 0 Å². The van der Waals surface area contributed by atoms with Crippen LogP contribution in [0, 0.1) is 0 Å². The number of Topliss-reactive ketones (excluding diaryl/α,β-unsaturated/α-hetero) is 1. The van der Waals surface area contributed by atoms with E-state index in [0.717, 1.165) is 116 Å². The summed E-state index contributed by atoms with van der Waals surface area (Å²) in [6, 6.07) is 9.30. The van der Waals surface area contributed by atoms with Crippen molar-refractivity contribution in [2.75, 3.05) is 134 Å². The molecule has 3 aliphatic rings. The molecule has 1 aromatic rings. The van der Waals surface area contributed by atoms with Gasteiger partial charge in [0.2, 0.25) is 41.4 Å². The number of carbonyl (C=O) groups excluding carboxylic acids is 9. The molecule has 0 spiro atoms. The Hall–Kier alpha value is -6.22. The van der Waals surface area contributed by atoms with Crippen LogP contribution in [0.5, 0.6) is 0 Å². The summed E-state index contributed by atoms with van der Waals surface area (Å²) in [5.41, 5.74) is 0.752. The van der Waals surface area contributed by atoms with Crippen LogP contribution in [0.25, 0.3) is 0 Å². The van der Waals surface area contributed by atoms with Crippen molar-refractivity contribution >= 4 is 59.0 Å². The molecule has 2 saturated heterocycles. The highest BCUT2D eigenvalue weighted by molar-refractivity contribution is 5.94. The number of amides is 8. The summed E-state index contributed by atoms with van der Waals surface area (Å²) in [7, 11) is 10.8. The molecule has 1 aromatic carbocycles. The molecule has 0 unspecified atom stereocenters. The zero-order valence-corrected chi connectivity index (χ0v) is 54.9. The highest BCUT2D eigenvalue weighted by Gasteiger charge is 2.17. The minimum atomic E-state index is -0.928. The Labute approximate surface area is 501 Å². The quantitative estimate of drug-likeness (QED) is 0.125. The molecule has 3 heterocycles. The van der Waals surface area contributed by atoms with E-state index in [1.165, 1.54) is 11.3 Å². The average molecular weight is 1180 g/mol. The van der Waals surface area contributed by atoms with Crippen molar-refractivity contribution in [3.05, 3.63) is 48.0 Å². The first-order valence-corrected chi connectivity index (χ1v) is 29.9. The highest BCUT2D eigenvalue weighted by Crippen LogP contribution is 2.09. The van der Waals surface area contributed by atoms with Crippen LogP contribution >= 0.6 is 0 Å². The van der Waals surface area contributed by atoms with Crippen LogP contribution in [0.3, 0.4) is 0 Å².